The van der Waals surface area contributed by atoms with Gasteiger partial charge >= 0.3 is 0 Å². The van der Waals surface area contributed by atoms with Crippen molar-refractivity contribution < 1.29 is 8.42 Å². The molecule has 1 aromatic rings. The van der Waals surface area contributed by atoms with Crippen molar-refractivity contribution in [1.29, 1.82) is 0 Å². The molecule has 3 unspecified atom stereocenters. The van der Waals surface area contributed by atoms with Crippen LogP contribution in [0.4, 0.5) is 0 Å². The Labute approximate surface area is 128 Å². The van der Waals surface area contributed by atoms with Gasteiger partial charge in [0, 0.05) is 19.1 Å². The van der Waals surface area contributed by atoms with Gasteiger partial charge in [0.2, 0.25) is 10.0 Å². The van der Waals surface area contributed by atoms with Crippen molar-refractivity contribution in [3.05, 3.63) is 29.8 Å². The Kier molecular flexibility index (Phi) is 5.07. The molecule has 1 N–H and O–H groups in total. The molecule has 1 aromatic carbocycles. The Morgan fingerprint density at radius 1 is 1.29 bits per heavy atom. The molecule has 1 aliphatic rings. The Hall–Kier alpha value is -0.910. The number of nitrogens with one attached hydrogen (secondary N) is 1. The van der Waals surface area contributed by atoms with Crippen molar-refractivity contribution in [2.24, 2.45) is 11.8 Å². The van der Waals surface area contributed by atoms with Crippen LogP contribution in [0.1, 0.15) is 39.3 Å². The first-order valence-electron chi connectivity index (χ1n) is 7.69. The lowest BCUT2D eigenvalue weighted by atomic mass is 10.0. The Morgan fingerprint density at radius 3 is 2.48 bits per heavy atom. The molecule has 1 fully saturated rings. The Morgan fingerprint density at radius 2 is 1.90 bits per heavy atom. The highest BCUT2D eigenvalue weighted by Crippen LogP contribution is 2.28. The molecule has 1 heterocycles. The van der Waals surface area contributed by atoms with Crippen molar-refractivity contribution in [3.8, 4) is 0 Å². The van der Waals surface area contributed by atoms with Gasteiger partial charge in [-0.1, -0.05) is 32.9 Å². The SMILES string of the molecule is CCNC(C)c1cccc(S(=O)(=O)N2CC(C)C(C)C2)c1. The first kappa shape index (κ1) is 16.5. The third-order valence-corrected chi connectivity index (χ3v) is 6.29. The molecule has 0 amide bonds. The fourth-order valence-corrected chi connectivity index (χ4v) is 4.49. The molecule has 3 atom stereocenters. The van der Waals surface area contributed by atoms with E-state index in [2.05, 4.69) is 26.1 Å². The summed E-state index contributed by atoms with van der Waals surface area (Å²) in [7, 11) is -3.37. The largest absolute Gasteiger partial charge is 0.310 e. The Balaban J connectivity index is 2.27. The van der Waals surface area contributed by atoms with Crippen LogP contribution in [0.15, 0.2) is 29.2 Å². The van der Waals surface area contributed by atoms with Gasteiger partial charge in [0.25, 0.3) is 0 Å². The van der Waals surface area contributed by atoms with E-state index in [1.807, 2.05) is 19.1 Å². The van der Waals surface area contributed by atoms with Crippen LogP contribution < -0.4 is 5.32 Å². The van der Waals surface area contributed by atoms with Gasteiger partial charge in [0.1, 0.15) is 0 Å². The van der Waals surface area contributed by atoms with Crippen LogP contribution >= 0.6 is 0 Å². The van der Waals surface area contributed by atoms with Gasteiger partial charge in [-0.2, -0.15) is 4.31 Å². The highest BCUT2D eigenvalue weighted by molar-refractivity contribution is 7.89. The highest BCUT2D eigenvalue weighted by Gasteiger charge is 2.35. The zero-order chi connectivity index (χ0) is 15.6. The normalized spacial score (nSPS) is 25.1. The van der Waals surface area contributed by atoms with Gasteiger partial charge in [0.15, 0.2) is 0 Å². The molecule has 1 aliphatic heterocycles. The van der Waals surface area contributed by atoms with Crippen molar-refractivity contribution in [3.63, 3.8) is 0 Å². The highest BCUT2D eigenvalue weighted by atomic mass is 32.2. The number of nitrogens with zero attached hydrogens (tertiary/aromatic N) is 1. The number of rotatable bonds is 5. The zero-order valence-corrected chi connectivity index (χ0v) is 14.2. The molecule has 118 valence electrons. The maximum atomic E-state index is 12.8. The molecule has 5 heteroatoms. The summed E-state index contributed by atoms with van der Waals surface area (Å²) >= 11 is 0. The van der Waals surface area contributed by atoms with Gasteiger partial charge in [-0.25, -0.2) is 8.42 Å². The lowest BCUT2D eigenvalue weighted by molar-refractivity contribution is 0.463. The monoisotopic (exact) mass is 310 g/mol. The summed E-state index contributed by atoms with van der Waals surface area (Å²) in [5.74, 6) is 0.840. The number of hydrogen-bond donors (Lipinski definition) is 1. The quantitative estimate of drug-likeness (QED) is 0.909. The first-order valence-corrected chi connectivity index (χ1v) is 9.13. The molecule has 0 spiro atoms. The molecule has 0 aliphatic carbocycles. The van der Waals surface area contributed by atoms with Gasteiger partial charge < -0.3 is 5.32 Å². The number of sulfonamides is 1. The zero-order valence-electron chi connectivity index (χ0n) is 13.3. The summed E-state index contributed by atoms with van der Waals surface area (Å²) in [6, 6.07) is 7.46. The molecule has 21 heavy (non-hydrogen) atoms. The van der Waals surface area contributed by atoms with Crippen LogP contribution in [-0.2, 0) is 10.0 Å². The molecular weight excluding hydrogens is 284 g/mol. The lowest BCUT2D eigenvalue weighted by Gasteiger charge is -2.18. The molecule has 0 bridgehead atoms. The summed E-state index contributed by atoms with van der Waals surface area (Å²) in [5, 5.41) is 3.32. The predicted molar refractivity (Wildman–Crippen MR) is 85.6 cm³/mol. The van der Waals surface area contributed by atoms with Gasteiger partial charge in [-0.05, 0) is 43.0 Å². The topological polar surface area (TPSA) is 49.4 Å². The molecule has 0 saturated carbocycles. The van der Waals surface area contributed by atoms with Crippen LogP contribution in [0, 0.1) is 11.8 Å². The van der Waals surface area contributed by atoms with E-state index in [1.165, 1.54) is 0 Å². The predicted octanol–water partition coefficient (Wildman–Crippen LogP) is 2.63. The van der Waals surface area contributed by atoms with Crippen molar-refractivity contribution >= 4 is 10.0 Å². The summed E-state index contributed by atoms with van der Waals surface area (Å²) < 4.78 is 27.2. The number of hydrogen-bond acceptors (Lipinski definition) is 3. The molecule has 0 aromatic heterocycles. The van der Waals surface area contributed by atoms with Crippen LogP contribution in [-0.4, -0.2) is 32.4 Å². The van der Waals surface area contributed by atoms with Crippen LogP contribution in [0.3, 0.4) is 0 Å². The van der Waals surface area contributed by atoms with E-state index in [0.717, 1.165) is 12.1 Å². The maximum Gasteiger partial charge on any atom is 0.243 e. The van der Waals surface area contributed by atoms with E-state index in [4.69, 9.17) is 0 Å². The minimum Gasteiger partial charge on any atom is -0.310 e. The summed E-state index contributed by atoms with van der Waals surface area (Å²) in [4.78, 5) is 0.408. The first-order chi connectivity index (χ1) is 9.86. The Bertz CT molecular complexity index is 576. The third-order valence-electron chi connectivity index (χ3n) is 4.46. The second-order valence-corrected chi connectivity index (χ2v) is 8.07. The van der Waals surface area contributed by atoms with E-state index in [0.29, 0.717) is 29.8 Å². The summed E-state index contributed by atoms with van der Waals surface area (Å²) in [6.45, 7) is 10.4. The van der Waals surface area contributed by atoms with Gasteiger partial charge in [0.05, 0.1) is 4.90 Å². The van der Waals surface area contributed by atoms with E-state index >= 15 is 0 Å². The smallest absolute Gasteiger partial charge is 0.243 e. The lowest BCUT2D eigenvalue weighted by Crippen LogP contribution is -2.29. The summed E-state index contributed by atoms with van der Waals surface area (Å²) in [6.07, 6.45) is 0. The summed E-state index contributed by atoms with van der Waals surface area (Å²) in [5.41, 5.74) is 1.01. The van der Waals surface area contributed by atoms with E-state index in [-0.39, 0.29) is 6.04 Å². The van der Waals surface area contributed by atoms with Crippen LogP contribution in [0.25, 0.3) is 0 Å². The van der Waals surface area contributed by atoms with Crippen LogP contribution in [0.5, 0.6) is 0 Å². The van der Waals surface area contributed by atoms with Crippen molar-refractivity contribution in [1.82, 2.24) is 9.62 Å². The minimum absolute atomic E-state index is 0.154. The second-order valence-electron chi connectivity index (χ2n) is 6.13. The molecule has 4 nitrogen and oxygen atoms in total. The van der Waals surface area contributed by atoms with Gasteiger partial charge in [-0.15, -0.1) is 0 Å². The molecule has 1 saturated heterocycles. The average molecular weight is 310 g/mol. The fraction of sp³-hybridized carbons (Fsp3) is 0.625. The molecular formula is C16H26N2O2S. The van der Waals surface area contributed by atoms with Crippen molar-refractivity contribution in [2.45, 2.75) is 38.6 Å². The average Bonchev–Trinajstić information content (AvgIpc) is 2.80. The van der Waals surface area contributed by atoms with Gasteiger partial charge in [-0.3, -0.25) is 0 Å². The standard InChI is InChI=1S/C16H26N2O2S/c1-5-17-14(4)15-7-6-8-16(9-15)21(19,20)18-10-12(2)13(3)11-18/h6-9,12-14,17H,5,10-11H2,1-4H3. The van der Waals surface area contributed by atoms with E-state index in [1.54, 1.807) is 16.4 Å². The van der Waals surface area contributed by atoms with E-state index in [9.17, 15) is 8.42 Å². The third kappa shape index (κ3) is 3.47. The van der Waals surface area contributed by atoms with Crippen LogP contribution in [0.2, 0.25) is 0 Å². The molecule has 0 radical (unpaired) electrons. The second kappa shape index (κ2) is 6.46. The number of benzene rings is 1. The van der Waals surface area contributed by atoms with E-state index < -0.39 is 10.0 Å². The minimum atomic E-state index is -3.37. The molecule has 2 rings (SSSR count). The maximum absolute atomic E-state index is 12.8. The fourth-order valence-electron chi connectivity index (χ4n) is 2.79. The van der Waals surface area contributed by atoms with Crippen molar-refractivity contribution in [2.75, 3.05) is 19.6 Å².